The largest absolute Gasteiger partial charge is 0.392 e. The number of hydrogen-bond acceptors (Lipinski definition) is 4. The average molecular weight is 334 g/mol. The Hall–Kier alpha value is -0.430. The van der Waals surface area contributed by atoms with Gasteiger partial charge in [0.05, 0.1) is 6.61 Å². The van der Waals surface area contributed by atoms with Crippen molar-refractivity contribution in [2.24, 2.45) is 11.8 Å². The van der Waals surface area contributed by atoms with Gasteiger partial charge in [-0.1, -0.05) is 27.7 Å². The van der Waals surface area contributed by atoms with E-state index in [9.17, 15) is 8.42 Å². The molecular formula is C15H27NO3S2. The van der Waals surface area contributed by atoms with Crippen LogP contribution in [0.3, 0.4) is 0 Å². The average Bonchev–Trinajstić information content (AvgIpc) is 2.87. The van der Waals surface area contributed by atoms with Crippen molar-refractivity contribution in [1.29, 1.82) is 0 Å². The minimum absolute atomic E-state index is 0.121. The van der Waals surface area contributed by atoms with Crippen LogP contribution in [0.5, 0.6) is 0 Å². The van der Waals surface area contributed by atoms with E-state index in [1.165, 1.54) is 11.3 Å². The maximum absolute atomic E-state index is 12.7. The zero-order chi connectivity index (χ0) is 16.0. The van der Waals surface area contributed by atoms with E-state index < -0.39 is 10.0 Å². The highest BCUT2D eigenvalue weighted by Crippen LogP contribution is 2.25. The fourth-order valence-electron chi connectivity index (χ4n) is 1.86. The Bertz CT molecular complexity index is 509. The molecule has 4 nitrogen and oxygen atoms in total. The van der Waals surface area contributed by atoms with Gasteiger partial charge in [-0.3, -0.25) is 0 Å². The number of nitrogens with zero attached hydrogens (tertiary/aromatic N) is 1. The smallest absolute Gasteiger partial charge is 0.252 e. The molecule has 0 saturated carbocycles. The molecule has 0 fully saturated rings. The quantitative estimate of drug-likeness (QED) is 0.754. The van der Waals surface area contributed by atoms with Gasteiger partial charge in [-0.25, -0.2) is 8.42 Å². The third kappa shape index (κ3) is 5.70. The van der Waals surface area contributed by atoms with Crippen LogP contribution in [0.1, 0.15) is 46.1 Å². The molecule has 0 aliphatic heterocycles. The molecule has 6 heteroatoms. The number of thiophene rings is 1. The minimum Gasteiger partial charge on any atom is -0.392 e. The molecule has 0 bridgehead atoms. The van der Waals surface area contributed by atoms with Crippen molar-refractivity contribution >= 4 is 21.4 Å². The molecule has 1 heterocycles. The summed E-state index contributed by atoms with van der Waals surface area (Å²) in [7, 11) is -3.44. The van der Waals surface area contributed by atoms with Gasteiger partial charge in [0.2, 0.25) is 0 Å². The lowest BCUT2D eigenvalue weighted by Crippen LogP contribution is -2.33. The van der Waals surface area contributed by atoms with Gasteiger partial charge in [0.15, 0.2) is 0 Å². The first-order valence-corrected chi connectivity index (χ1v) is 9.77. The number of hydrogen-bond donors (Lipinski definition) is 1. The fraction of sp³-hybridized carbons (Fsp3) is 0.733. The van der Waals surface area contributed by atoms with Gasteiger partial charge in [0.1, 0.15) is 4.21 Å². The first-order chi connectivity index (χ1) is 9.77. The van der Waals surface area contributed by atoms with Gasteiger partial charge in [-0.05, 0) is 41.7 Å². The Balaban J connectivity index is 2.92. The normalized spacial score (nSPS) is 12.8. The molecule has 0 amide bonds. The first kappa shape index (κ1) is 18.6. The minimum atomic E-state index is -3.44. The summed E-state index contributed by atoms with van der Waals surface area (Å²) in [5.74, 6) is 0.941. The van der Waals surface area contributed by atoms with E-state index in [1.807, 2.05) is 0 Å². The van der Waals surface area contributed by atoms with Crippen molar-refractivity contribution in [3.63, 3.8) is 0 Å². The highest BCUT2D eigenvalue weighted by molar-refractivity contribution is 7.91. The van der Waals surface area contributed by atoms with Gasteiger partial charge in [-0.15, -0.1) is 11.3 Å². The Morgan fingerprint density at radius 3 is 2.05 bits per heavy atom. The van der Waals surface area contributed by atoms with E-state index in [1.54, 1.807) is 15.8 Å². The first-order valence-electron chi connectivity index (χ1n) is 7.45. The van der Waals surface area contributed by atoms with Crippen LogP contribution in [0.2, 0.25) is 0 Å². The second-order valence-corrected chi connectivity index (χ2v) is 9.28. The van der Waals surface area contributed by atoms with E-state index >= 15 is 0 Å². The molecule has 0 saturated heterocycles. The van der Waals surface area contributed by atoms with Crippen molar-refractivity contribution in [1.82, 2.24) is 4.31 Å². The molecule has 21 heavy (non-hydrogen) atoms. The van der Waals surface area contributed by atoms with Crippen molar-refractivity contribution in [3.8, 4) is 0 Å². The highest BCUT2D eigenvalue weighted by atomic mass is 32.2. The Morgan fingerprint density at radius 2 is 1.67 bits per heavy atom. The molecule has 0 unspecified atom stereocenters. The zero-order valence-electron chi connectivity index (χ0n) is 13.4. The lowest BCUT2D eigenvalue weighted by Gasteiger charge is -2.23. The van der Waals surface area contributed by atoms with Crippen LogP contribution in [-0.4, -0.2) is 30.9 Å². The summed E-state index contributed by atoms with van der Waals surface area (Å²) in [6.07, 6.45) is 1.71. The molecule has 0 atom stereocenters. The van der Waals surface area contributed by atoms with Gasteiger partial charge in [0.25, 0.3) is 10.0 Å². The van der Waals surface area contributed by atoms with Crippen molar-refractivity contribution in [3.05, 3.63) is 17.0 Å². The Labute approximate surface area is 132 Å². The van der Waals surface area contributed by atoms with Crippen LogP contribution >= 0.6 is 11.3 Å². The lowest BCUT2D eigenvalue weighted by atomic mass is 10.1. The van der Waals surface area contributed by atoms with E-state index in [-0.39, 0.29) is 6.61 Å². The molecule has 0 aliphatic rings. The predicted octanol–water partition coefficient (Wildman–Crippen LogP) is 3.32. The monoisotopic (exact) mass is 333 g/mol. The zero-order valence-corrected chi connectivity index (χ0v) is 15.0. The summed E-state index contributed by atoms with van der Waals surface area (Å²) in [5.41, 5.74) is 0.659. The van der Waals surface area contributed by atoms with Crippen LogP contribution in [0.15, 0.2) is 15.7 Å². The maximum Gasteiger partial charge on any atom is 0.252 e. The standard InChI is InChI=1S/C15H27NO3S2/c1-12(2)5-7-16(8-6-13(3)4)21(18,19)15-9-14(10-17)11-20-15/h9,11-13,17H,5-8,10H2,1-4H3. The summed E-state index contributed by atoms with van der Waals surface area (Å²) >= 11 is 1.19. The number of sulfonamides is 1. The molecule has 122 valence electrons. The summed E-state index contributed by atoms with van der Waals surface area (Å²) in [4.78, 5) is 0. The molecule has 0 aliphatic carbocycles. The lowest BCUT2D eigenvalue weighted by molar-refractivity contribution is 0.282. The van der Waals surface area contributed by atoms with E-state index in [0.29, 0.717) is 34.7 Å². The highest BCUT2D eigenvalue weighted by Gasteiger charge is 2.26. The van der Waals surface area contributed by atoms with Gasteiger partial charge in [-0.2, -0.15) is 4.31 Å². The van der Waals surface area contributed by atoms with Crippen LogP contribution in [0, 0.1) is 11.8 Å². The second kappa shape index (κ2) is 8.27. The summed E-state index contributed by atoms with van der Waals surface area (Å²) in [6, 6.07) is 1.58. The number of aliphatic hydroxyl groups is 1. The van der Waals surface area contributed by atoms with Crippen molar-refractivity contribution in [2.75, 3.05) is 13.1 Å². The second-order valence-electron chi connectivity index (χ2n) is 6.20. The maximum atomic E-state index is 12.7. The number of aliphatic hydroxyl groups excluding tert-OH is 1. The van der Waals surface area contributed by atoms with Crippen LogP contribution in [-0.2, 0) is 16.6 Å². The molecule has 1 rings (SSSR count). The van der Waals surface area contributed by atoms with Crippen molar-refractivity contribution < 1.29 is 13.5 Å². The molecule has 0 aromatic carbocycles. The predicted molar refractivity (Wildman–Crippen MR) is 87.9 cm³/mol. The Kier molecular flexibility index (Phi) is 7.33. The molecule has 1 N–H and O–H groups in total. The van der Waals surface area contributed by atoms with E-state index in [2.05, 4.69) is 27.7 Å². The summed E-state index contributed by atoms with van der Waals surface area (Å²) < 4.78 is 27.4. The molecule has 1 aromatic rings. The van der Waals surface area contributed by atoms with Crippen molar-refractivity contribution in [2.45, 2.75) is 51.4 Å². The fourth-order valence-corrected chi connectivity index (χ4v) is 4.68. The van der Waals surface area contributed by atoms with Gasteiger partial charge >= 0.3 is 0 Å². The van der Waals surface area contributed by atoms with Crippen LogP contribution in [0.4, 0.5) is 0 Å². The van der Waals surface area contributed by atoms with E-state index in [0.717, 1.165) is 12.8 Å². The number of rotatable bonds is 9. The van der Waals surface area contributed by atoms with Crippen LogP contribution in [0.25, 0.3) is 0 Å². The third-order valence-electron chi connectivity index (χ3n) is 3.32. The molecule has 1 aromatic heterocycles. The molecular weight excluding hydrogens is 306 g/mol. The summed E-state index contributed by atoms with van der Waals surface area (Å²) in [5, 5.41) is 10.8. The molecule has 0 radical (unpaired) electrons. The third-order valence-corrected chi connectivity index (χ3v) is 6.68. The van der Waals surface area contributed by atoms with E-state index in [4.69, 9.17) is 5.11 Å². The van der Waals surface area contributed by atoms with Crippen LogP contribution < -0.4 is 0 Å². The van der Waals surface area contributed by atoms with Gasteiger partial charge < -0.3 is 5.11 Å². The Morgan fingerprint density at radius 1 is 1.14 bits per heavy atom. The molecule has 0 spiro atoms. The van der Waals surface area contributed by atoms with Gasteiger partial charge in [0, 0.05) is 13.1 Å². The SMILES string of the molecule is CC(C)CCN(CCC(C)C)S(=O)(=O)c1cc(CO)cs1. The topological polar surface area (TPSA) is 57.6 Å². The summed E-state index contributed by atoms with van der Waals surface area (Å²) in [6.45, 7) is 9.39.